The molecule has 20 heavy (non-hydrogen) atoms. The van der Waals surface area contributed by atoms with Gasteiger partial charge in [-0.25, -0.2) is 0 Å². The molecule has 0 aromatic heterocycles. The van der Waals surface area contributed by atoms with Crippen LogP contribution in [0.1, 0.15) is 45.2 Å². The van der Waals surface area contributed by atoms with Crippen molar-refractivity contribution >= 4 is 11.6 Å². The van der Waals surface area contributed by atoms with E-state index in [1.807, 2.05) is 12.1 Å². The maximum Gasteiger partial charge on any atom is 0.162 e. The van der Waals surface area contributed by atoms with Gasteiger partial charge in [-0.05, 0) is 36.9 Å². The van der Waals surface area contributed by atoms with Gasteiger partial charge in [-0.15, -0.1) is 0 Å². The average Bonchev–Trinajstić information content (AvgIpc) is 2.42. The summed E-state index contributed by atoms with van der Waals surface area (Å²) in [4.78, 5) is 0. The van der Waals surface area contributed by atoms with Crippen LogP contribution in [-0.4, -0.2) is 20.8 Å². The molecule has 114 valence electrons. The van der Waals surface area contributed by atoms with Gasteiger partial charge in [0.05, 0.1) is 14.2 Å². The van der Waals surface area contributed by atoms with E-state index in [0.29, 0.717) is 11.7 Å². The Kier molecular flexibility index (Phi) is 7.17. The third kappa shape index (κ3) is 4.57. The molecule has 4 heteroatoms. The highest BCUT2D eigenvalue weighted by atomic mass is 35.5. The van der Waals surface area contributed by atoms with Crippen molar-refractivity contribution in [3.63, 3.8) is 0 Å². The predicted molar refractivity (Wildman–Crippen MR) is 85.0 cm³/mol. The summed E-state index contributed by atoms with van der Waals surface area (Å²) in [7, 11) is 3.27. The fourth-order valence-corrected chi connectivity index (χ4v) is 2.53. The largest absolute Gasteiger partial charge is 0.493 e. The SMILES string of the molecule is CCCNC(CC(C)C)c1cc(OC)c(OC)cc1Cl. The van der Waals surface area contributed by atoms with Crippen LogP contribution < -0.4 is 14.8 Å². The second-order valence-corrected chi connectivity index (χ2v) is 5.77. The molecule has 3 nitrogen and oxygen atoms in total. The van der Waals surface area contributed by atoms with Crippen LogP contribution in [0.4, 0.5) is 0 Å². The van der Waals surface area contributed by atoms with Crippen LogP contribution in [0.2, 0.25) is 5.02 Å². The van der Waals surface area contributed by atoms with Crippen LogP contribution in [0.3, 0.4) is 0 Å². The lowest BCUT2D eigenvalue weighted by molar-refractivity contribution is 0.352. The Labute approximate surface area is 127 Å². The van der Waals surface area contributed by atoms with E-state index in [9.17, 15) is 0 Å². The molecular weight excluding hydrogens is 274 g/mol. The minimum Gasteiger partial charge on any atom is -0.493 e. The topological polar surface area (TPSA) is 30.5 Å². The van der Waals surface area contributed by atoms with E-state index in [0.717, 1.165) is 35.7 Å². The first-order valence-electron chi connectivity index (χ1n) is 7.18. The third-order valence-electron chi connectivity index (χ3n) is 3.23. The highest BCUT2D eigenvalue weighted by molar-refractivity contribution is 6.31. The smallest absolute Gasteiger partial charge is 0.162 e. The summed E-state index contributed by atoms with van der Waals surface area (Å²) in [5.74, 6) is 1.98. The Balaban J connectivity index is 3.10. The summed E-state index contributed by atoms with van der Waals surface area (Å²) >= 11 is 6.42. The van der Waals surface area contributed by atoms with Gasteiger partial charge in [0.2, 0.25) is 0 Å². The predicted octanol–water partition coefficient (Wildman–Crippen LogP) is 4.44. The van der Waals surface area contributed by atoms with E-state index in [1.165, 1.54) is 0 Å². The normalized spacial score (nSPS) is 12.6. The minimum atomic E-state index is 0.238. The van der Waals surface area contributed by atoms with Gasteiger partial charge >= 0.3 is 0 Å². The zero-order valence-corrected chi connectivity index (χ0v) is 13.9. The number of benzene rings is 1. The molecule has 0 fully saturated rings. The summed E-state index contributed by atoms with van der Waals surface area (Å²) in [5, 5.41) is 4.29. The molecule has 0 aliphatic heterocycles. The lowest BCUT2D eigenvalue weighted by Crippen LogP contribution is -2.24. The van der Waals surface area contributed by atoms with Crippen molar-refractivity contribution in [2.45, 2.75) is 39.7 Å². The Morgan fingerprint density at radius 1 is 1.15 bits per heavy atom. The van der Waals surface area contributed by atoms with E-state index in [4.69, 9.17) is 21.1 Å². The van der Waals surface area contributed by atoms with E-state index < -0.39 is 0 Å². The summed E-state index contributed by atoms with van der Waals surface area (Å²) in [6.07, 6.45) is 2.13. The van der Waals surface area contributed by atoms with Gasteiger partial charge in [-0.1, -0.05) is 32.4 Å². The lowest BCUT2D eigenvalue weighted by Gasteiger charge is -2.23. The van der Waals surface area contributed by atoms with E-state index in [-0.39, 0.29) is 6.04 Å². The number of rotatable bonds is 8. The molecule has 0 heterocycles. The lowest BCUT2D eigenvalue weighted by atomic mass is 9.96. The van der Waals surface area contributed by atoms with Crippen molar-refractivity contribution in [3.8, 4) is 11.5 Å². The van der Waals surface area contributed by atoms with Gasteiger partial charge in [0.15, 0.2) is 11.5 Å². The van der Waals surface area contributed by atoms with Crippen molar-refractivity contribution in [1.82, 2.24) is 5.32 Å². The van der Waals surface area contributed by atoms with Gasteiger partial charge < -0.3 is 14.8 Å². The van der Waals surface area contributed by atoms with Gasteiger partial charge in [-0.2, -0.15) is 0 Å². The van der Waals surface area contributed by atoms with Crippen molar-refractivity contribution in [3.05, 3.63) is 22.7 Å². The molecule has 0 saturated carbocycles. The number of methoxy groups -OCH3 is 2. The highest BCUT2D eigenvalue weighted by Gasteiger charge is 2.19. The second kappa shape index (κ2) is 8.38. The molecule has 0 amide bonds. The van der Waals surface area contributed by atoms with Crippen LogP contribution in [0.5, 0.6) is 11.5 Å². The number of hydrogen-bond donors (Lipinski definition) is 1. The van der Waals surface area contributed by atoms with Crippen molar-refractivity contribution in [1.29, 1.82) is 0 Å². The van der Waals surface area contributed by atoms with E-state index in [1.54, 1.807) is 14.2 Å². The molecule has 1 atom stereocenters. The Morgan fingerprint density at radius 2 is 1.75 bits per heavy atom. The van der Waals surface area contributed by atoms with Gasteiger partial charge in [0, 0.05) is 17.1 Å². The number of nitrogens with one attached hydrogen (secondary N) is 1. The van der Waals surface area contributed by atoms with Crippen LogP contribution in [0.15, 0.2) is 12.1 Å². The quantitative estimate of drug-likeness (QED) is 0.769. The highest BCUT2D eigenvalue weighted by Crippen LogP contribution is 2.37. The molecule has 0 aliphatic carbocycles. The summed E-state index contributed by atoms with van der Waals surface area (Å²) in [6.45, 7) is 7.57. The van der Waals surface area contributed by atoms with Gasteiger partial charge in [-0.3, -0.25) is 0 Å². The second-order valence-electron chi connectivity index (χ2n) is 5.36. The summed E-state index contributed by atoms with van der Waals surface area (Å²) in [6, 6.07) is 4.05. The monoisotopic (exact) mass is 299 g/mol. The number of hydrogen-bond acceptors (Lipinski definition) is 3. The van der Waals surface area contributed by atoms with Crippen LogP contribution in [-0.2, 0) is 0 Å². The minimum absolute atomic E-state index is 0.238. The molecular formula is C16H26ClNO2. The van der Waals surface area contributed by atoms with Crippen molar-refractivity contribution < 1.29 is 9.47 Å². The molecule has 0 saturated heterocycles. The summed E-state index contributed by atoms with van der Waals surface area (Å²) < 4.78 is 10.7. The Morgan fingerprint density at radius 3 is 2.25 bits per heavy atom. The Bertz CT molecular complexity index is 421. The van der Waals surface area contributed by atoms with Crippen molar-refractivity contribution in [2.24, 2.45) is 5.92 Å². The maximum atomic E-state index is 6.42. The fraction of sp³-hybridized carbons (Fsp3) is 0.625. The molecule has 0 radical (unpaired) electrons. The molecule has 0 aliphatic rings. The van der Waals surface area contributed by atoms with Crippen LogP contribution in [0.25, 0.3) is 0 Å². The number of ether oxygens (including phenoxy) is 2. The first-order chi connectivity index (χ1) is 9.53. The zero-order chi connectivity index (χ0) is 15.1. The molecule has 1 aromatic carbocycles. The van der Waals surface area contributed by atoms with E-state index in [2.05, 4.69) is 26.1 Å². The maximum absolute atomic E-state index is 6.42. The summed E-state index contributed by atoms with van der Waals surface area (Å²) in [5.41, 5.74) is 1.08. The third-order valence-corrected chi connectivity index (χ3v) is 3.55. The van der Waals surface area contributed by atoms with Gasteiger partial charge in [0.25, 0.3) is 0 Å². The Hall–Kier alpha value is -0.930. The first-order valence-corrected chi connectivity index (χ1v) is 7.56. The fourth-order valence-electron chi connectivity index (χ4n) is 2.25. The first kappa shape index (κ1) is 17.1. The van der Waals surface area contributed by atoms with Crippen molar-refractivity contribution in [2.75, 3.05) is 20.8 Å². The molecule has 1 unspecified atom stereocenters. The molecule has 1 N–H and O–H groups in total. The molecule has 0 spiro atoms. The van der Waals surface area contributed by atoms with Crippen LogP contribution >= 0.6 is 11.6 Å². The van der Waals surface area contributed by atoms with E-state index >= 15 is 0 Å². The molecule has 1 aromatic rings. The van der Waals surface area contributed by atoms with Gasteiger partial charge in [0.1, 0.15) is 0 Å². The standard InChI is InChI=1S/C16H26ClNO2/c1-6-7-18-14(8-11(2)3)12-9-15(19-4)16(20-5)10-13(12)17/h9-11,14,18H,6-8H2,1-5H3. The molecule has 1 rings (SSSR count). The number of halogens is 1. The zero-order valence-electron chi connectivity index (χ0n) is 13.1. The molecule has 0 bridgehead atoms. The van der Waals surface area contributed by atoms with Crippen LogP contribution in [0, 0.1) is 5.92 Å². The average molecular weight is 300 g/mol.